The first-order valence-electron chi connectivity index (χ1n) is 9.20. The Morgan fingerprint density at radius 2 is 2.10 bits per heavy atom. The maximum atomic E-state index is 12.2. The molecule has 1 aliphatic heterocycles. The fourth-order valence-corrected chi connectivity index (χ4v) is 3.00. The minimum absolute atomic E-state index is 0.00692. The molecule has 0 radical (unpaired) electrons. The van der Waals surface area contributed by atoms with Crippen LogP contribution in [-0.4, -0.2) is 30.5 Å². The molecule has 1 heterocycles. The lowest BCUT2D eigenvalue weighted by Crippen LogP contribution is -2.05. The molecule has 0 aliphatic carbocycles. The van der Waals surface area contributed by atoms with Gasteiger partial charge in [0.1, 0.15) is 0 Å². The Labute approximate surface area is 177 Å². The van der Waals surface area contributed by atoms with Crippen LogP contribution < -0.4 is 9.47 Å². The Morgan fingerprint density at radius 3 is 2.80 bits per heavy atom. The standard InChI is InChI=1S/C21H19ClN2O6/c1-3-4-8-29-19-16(22)9-13(11-18(19)28-2)10-17-21(25)30-20(23-17)14-6-5-7-15(12-14)24(26)27/h5-7,9-12H,3-4,8H2,1-2H3/b17-10-. The number of non-ortho nitro benzene ring substituents is 1. The fourth-order valence-electron chi connectivity index (χ4n) is 2.72. The molecule has 0 atom stereocenters. The molecular formula is C21H19ClN2O6. The summed E-state index contributed by atoms with van der Waals surface area (Å²) in [7, 11) is 1.50. The Kier molecular flexibility index (Phi) is 6.68. The molecule has 3 rings (SSSR count). The number of benzene rings is 2. The number of unbranched alkanes of at least 4 members (excludes halogenated alkanes) is 1. The highest BCUT2D eigenvalue weighted by Gasteiger charge is 2.25. The average Bonchev–Trinajstić information content (AvgIpc) is 3.09. The summed E-state index contributed by atoms with van der Waals surface area (Å²) >= 11 is 6.34. The molecule has 2 aromatic rings. The molecule has 9 heteroatoms. The van der Waals surface area contributed by atoms with Crippen LogP contribution in [0.5, 0.6) is 11.5 Å². The van der Waals surface area contributed by atoms with Crippen molar-refractivity contribution in [3.8, 4) is 11.5 Å². The molecule has 0 amide bonds. The van der Waals surface area contributed by atoms with Gasteiger partial charge < -0.3 is 14.2 Å². The van der Waals surface area contributed by atoms with Crippen LogP contribution in [0.15, 0.2) is 47.1 Å². The first kappa shape index (κ1) is 21.3. The molecule has 0 fully saturated rings. The molecule has 0 spiro atoms. The van der Waals surface area contributed by atoms with E-state index in [2.05, 4.69) is 11.9 Å². The molecule has 0 N–H and O–H groups in total. The van der Waals surface area contributed by atoms with Crippen molar-refractivity contribution in [3.63, 3.8) is 0 Å². The first-order valence-corrected chi connectivity index (χ1v) is 9.58. The number of carbonyl (C=O) groups excluding carboxylic acids is 1. The fraction of sp³-hybridized carbons (Fsp3) is 0.238. The van der Waals surface area contributed by atoms with Gasteiger partial charge in [-0.3, -0.25) is 10.1 Å². The van der Waals surface area contributed by atoms with Gasteiger partial charge in [0.05, 0.1) is 23.7 Å². The maximum absolute atomic E-state index is 12.2. The molecule has 156 valence electrons. The van der Waals surface area contributed by atoms with E-state index >= 15 is 0 Å². The van der Waals surface area contributed by atoms with Crippen molar-refractivity contribution in [2.45, 2.75) is 19.8 Å². The van der Waals surface area contributed by atoms with E-state index in [-0.39, 0.29) is 17.3 Å². The van der Waals surface area contributed by atoms with Crippen LogP contribution in [-0.2, 0) is 9.53 Å². The number of methoxy groups -OCH3 is 1. The minimum atomic E-state index is -0.671. The largest absolute Gasteiger partial charge is 0.493 e. The molecule has 0 saturated carbocycles. The number of nitrogens with zero attached hydrogens (tertiary/aromatic N) is 2. The number of nitro benzene ring substituents is 1. The molecule has 0 unspecified atom stereocenters. The monoisotopic (exact) mass is 430 g/mol. The van der Waals surface area contributed by atoms with E-state index < -0.39 is 10.9 Å². The average molecular weight is 431 g/mol. The zero-order valence-corrected chi connectivity index (χ0v) is 17.1. The van der Waals surface area contributed by atoms with Gasteiger partial charge in [-0.2, -0.15) is 0 Å². The highest BCUT2D eigenvalue weighted by molar-refractivity contribution is 6.32. The number of hydrogen-bond donors (Lipinski definition) is 0. The second kappa shape index (κ2) is 9.41. The molecular weight excluding hydrogens is 412 g/mol. The van der Waals surface area contributed by atoms with Crippen LogP contribution >= 0.6 is 11.6 Å². The van der Waals surface area contributed by atoms with Gasteiger partial charge in [0.2, 0.25) is 5.90 Å². The van der Waals surface area contributed by atoms with E-state index in [1.54, 1.807) is 18.2 Å². The third-order valence-corrected chi connectivity index (χ3v) is 4.50. The van der Waals surface area contributed by atoms with Crippen LogP contribution in [0, 0.1) is 10.1 Å². The van der Waals surface area contributed by atoms with Crippen molar-refractivity contribution in [1.29, 1.82) is 0 Å². The first-order chi connectivity index (χ1) is 14.4. The van der Waals surface area contributed by atoms with E-state index in [0.717, 1.165) is 12.8 Å². The van der Waals surface area contributed by atoms with Crippen LogP contribution in [0.2, 0.25) is 5.02 Å². The van der Waals surface area contributed by atoms with Crippen molar-refractivity contribution in [1.82, 2.24) is 0 Å². The van der Waals surface area contributed by atoms with Gasteiger partial charge in [-0.25, -0.2) is 9.79 Å². The third-order valence-electron chi connectivity index (χ3n) is 4.22. The van der Waals surface area contributed by atoms with Crippen LogP contribution in [0.4, 0.5) is 5.69 Å². The predicted molar refractivity (Wildman–Crippen MR) is 112 cm³/mol. The molecule has 30 heavy (non-hydrogen) atoms. The predicted octanol–water partition coefficient (Wildman–Crippen LogP) is 4.78. The van der Waals surface area contributed by atoms with E-state index in [9.17, 15) is 14.9 Å². The number of rotatable bonds is 8. The highest BCUT2D eigenvalue weighted by atomic mass is 35.5. The van der Waals surface area contributed by atoms with Gasteiger partial charge in [-0.05, 0) is 36.3 Å². The summed E-state index contributed by atoms with van der Waals surface area (Å²) in [6, 6.07) is 9.01. The van der Waals surface area contributed by atoms with Gasteiger partial charge in [0.15, 0.2) is 17.2 Å². The summed E-state index contributed by atoms with van der Waals surface area (Å²) in [5, 5.41) is 11.3. The Balaban J connectivity index is 1.91. The summed E-state index contributed by atoms with van der Waals surface area (Å²) in [4.78, 5) is 26.8. The summed E-state index contributed by atoms with van der Waals surface area (Å²) in [5.41, 5.74) is 0.806. The van der Waals surface area contributed by atoms with Crippen LogP contribution in [0.1, 0.15) is 30.9 Å². The number of ether oxygens (including phenoxy) is 3. The number of carbonyl (C=O) groups is 1. The van der Waals surface area contributed by atoms with Crippen molar-refractivity contribution in [2.75, 3.05) is 13.7 Å². The quantitative estimate of drug-likeness (QED) is 0.196. The van der Waals surface area contributed by atoms with Crippen molar-refractivity contribution >= 4 is 35.2 Å². The summed E-state index contributed by atoms with van der Waals surface area (Å²) < 4.78 is 16.2. The van der Waals surface area contributed by atoms with Gasteiger partial charge in [0, 0.05) is 17.7 Å². The van der Waals surface area contributed by atoms with Crippen LogP contribution in [0.25, 0.3) is 6.08 Å². The topological polar surface area (TPSA) is 100 Å². The van der Waals surface area contributed by atoms with E-state index in [1.165, 1.54) is 31.4 Å². The van der Waals surface area contributed by atoms with Crippen molar-refractivity contribution in [3.05, 3.63) is 68.4 Å². The van der Waals surface area contributed by atoms with Gasteiger partial charge in [-0.1, -0.05) is 31.0 Å². The third kappa shape index (κ3) is 4.77. The lowest BCUT2D eigenvalue weighted by Gasteiger charge is -2.13. The normalized spacial score (nSPS) is 14.4. The number of halogens is 1. The lowest BCUT2D eigenvalue weighted by molar-refractivity contribution is -0.384. The molecule has 0 aromatic heterocycles. The summed E-state index contributed by atoms with van der Waals surface area (Å²) in [6.07, 6.45) is 3.36. The van der Waals surface area contributed by atoms with Crippen molar-refractivity contribution < 1.29 is 23.9 Å². The van der Waals surface area contributed by atoms with Gasteiger partial charge >= 0.3 is 5.97 Å². The highest BCUT2D eigenvalue weighted by Crippen LogP contribution is 2.37. The zero-order valence-electron chi connectivity index (χ0n) is 16.4. The number of esters is 1. The minimum Gasteiger partial charge on any atom is -0.493 e. The number of aliphatic imine (C=N–C) groups is 1. The number of nitro groups is 1. The van der Waals surface area contributed by atoms with Crippen LogP contribution in [0.3, 0.4) is 0 Å². The molecule has 0 saturated heterocycles. The summed E-state index contributed by atoms with van der Waals surface area (Å²) in [6.45, 7) is 2.57. The molecule has 8 nitrogen and oxygen atoms in total. The number of cyclic esters (lactones) is 1. The number of hydrogen-bond acceptors (Lipinski definition) is 7. The maximum Gasteiger partial charge on any atom is 0.363 e. The zero-order chi connectivity index (χ0) is 21.7. The van der Waals surface area contributed by atoms with E-state index in [4.69, 9.17) is 25.8 Å². The van der Waals surface area contributed by atoms with E-state index in [1.807, 2.05) is 0 Å². The van der Waals surface area contributed by atoms with Gasteiger partial charge in [-0.15, -0.1) is 0 Å². The summed E-state index contributed by atoms with van der Waals surface area (Å²) in [5.74, 6) is 0.187. The van der Waals surface area contributed by atoms with Crippen molar-refractivity contribution in [2.24, 2.45) is 4.99 Å². The van der Waals surface area contributed by atoms with E-state index in [0.29, 0.717) is 34.3 Å². The second-order valence-corrected chi connectivity index (χ2v) is 6.79. The Hall–Kier alpha value is -3.39. The molecule has 2 aromatic carbocycles. The second-order valence-electron chi connectivity index (χ2n) is 6.38. The lowest BCUT2D eigenvalue weighted by atomic mass is 10.1. The smallest absolute Gasteiger partial charge is 0.363 e. The SMILES string of the molecule is CCCCOc1c(Cl)cc(/C=C2\N=C(c3cccc([N+](=O)[O-])c3)OC2=O)cc1OC. The Morgan fingerprint density at radius 1 is 1.30 bits per heavy atom. The van der Waals surface area contributed by atoms with Gasteiger partial charge in [0.25, 0.3) is 5.69 Å². The molecule has 1 aliphatic rings. The Bertz CT molecular complexity index is 1050. The molecule has 0 bridgehead atoms.